The van der Waals surface area contributed by atoms with Crippen LogP contribution >= 0.6 is 0 Å². The third kappa shape index (κ3) is 1.54. The Morgan fingerprint density at radius 2 is 2.12 bits per heavy atom. The predicted octanol–water partition coefficient (Wildman–Crippen LogP) is 2.02. The summed E-state index contributed by atoms with van der Waals surface area (Å²) in [7, 11) is 0. The normalized spacial score (nSPS) is 10.9. The number of hydrogen-bond acceptors (Lipinski definition) is 2. The van der Waals surface area contributed by atoms with Gasteiger partial charge in [0.1, 0.15) is 5.82 Å². The number of aromatic amines is 1. The van der Waals surface area contributed by atoms with E-state index in [0.717, 1.165) is 16.6 Å². The van der Waals surface area contributed by atoms with Crippen molar-refractivity contribution in [2.24, 2.45) is 0 Å². The number of nitrogens with zero attached hydrogens (tertiary/aromatic N) is 2. The lowest BCUT2D eigenvalue weighted by molar-refractivity contribution is 0.966. The SMILES string of the molecule is Cc1ccc2[nH]c(=O)n(-c3ccccn3)c2c1. The molecule has 0 unspecified atom stereocenters. The van der Waals surface area contributed by atoms with Crippen molar-refractivity contribution >= 4 is 11.0 Å². The van der Waals surface area contributed by atoms with E-state index in [4.69, 9.17) is 0 Å². The van der Waals surface area contributed by atoms with Crippen LogP contribution in [0, 0.1) is 6.92 Å². The average molecular weight is 225 g/mol. The molecule has 17 heavy (non-hydrogen) atoms. The maximum absolute atomic E-state index is 11.9. The lowest BCUT2D eigenvalue weighted by Gasteiger charge is -2.01. The second-order valence-corrected chi connectivity index (χ2v) is 3.97. The van der Waals surface area contributed by atoms with Crippen LogP contribution in [0.2, 0.25) is 0 Å². The zero-order valence-corrected chi connectivity index (χ0v) is 9.34. The molecule has 1 aromatic carbocycles. The molecule has 1 N–H and O–H groups in total. The molecule has 0 amide bonds. The summed E-state index contributed by atoms with van der Waals surface area (Å²) < 4.78 is 1.59. The van der Waals surface area contributed by atoms with Crippen LogP contribution in [-0.4, -0.2) is 14.5 Å². The summed E-state index contributed by atoms with van der Waals surface area (Å²) in [6.07, 6.45) is 1.68. The first-order valence-corrected chi connectivity index (χ1v) is 5.38. The van der Waals surface area contributed by atoms with E-state index in [1.54, 1.807) is 10.8 Å². The van der Waals surface area contributed by atoms with Gasteiger partial charge in [0.25, 0.3) is 0 Å². The van der Waals surface area contributed by atoms with Crippen molar-refractivity contribution in [1.82, 2.24) is 14.5 Å². The van der Waals surface area contributed by atoms with Gasteiger partial charge >= 0.3 is 5.69 Å². The Morgan fingerprint density at radius 3 is 2.88 bits per heavy atom. The fourth-order valence-electron chi connectivity index (χ4n) is 1.93. The maximum atomic E-state index is 11.9. The Kier molecular flexibility index (Phi) is 2.08. The Balaban J connectivity index is 2.40. The maximum Gasteiger partial charge on any atom is 0.332 e. The standard InChI is InChI=1S/C13H11N3O/c1-9-5-6-10-11(8-9)16(13(17)15-10)12-4-2-3-7-14-12/h2-8H,1H3,(H,15,17). The number of aromatic nitrogens is 3. The molecule has 0 aliphatic heterocycles. The molecule has 0 aliphatic carbocycles. The molecule has 0 saturated carbocycles. The molecule has 0 fully saturated rings. The smallest absolute Gasteiger partial charge is 0.305 e. The molecule has 0 radical (unpaired) electrons. The van der Waals surface area contributed by atoms with Gasteiger partial charge in [-0.2, -0.15) is 0 Å². The molecule has 4 heteroatoms. The van der Waals surface area contributed by atoms with Crippen LogP contribution in [0.4, 0.5) is 0 Å². The summed E-state index contributed by atoms with van der Waals surface area (Å²) in [5.74, 6) is 0.634. The highest BCUT2D eigenvalue weighted by molar-refractivity contribution is 5.77. The van der Waals surface area contributed by atoms with E-state index in [0.29, 0.717) is 5.82 Å². The van der Waals surface area contributed by atoms with Gasteiger partial charge in [-0.3, -0.25) is 0 Å². The Bertz CT molecular complexity index is 725. The lowest BCUT2D eigenvalue weighted by Crippen LogP contribution is -2.15. The van der Waals surface area contributed by atoms with E-state index < -0.39 is 0 Å². The first kappa shape index (κ1) is 9.84. The minimum absolute atomic E-state index is 0.163. The van der Waals surface area contributed by atoms with Crippen molar-refractivity contribution in [3.05, 3.63) is 58.6 Å². The van der Waals surface area contributed by atoms with Gasteiger partial charge in [0.15, 0.2) is 0 Å². The van der Waals surface area contributed by atoms with Crippen molar-refractivity contribution in [1.29, 1.82) is 0 Å². The van der Waals surface area contributed by atoms with Gasteiger partial charge in [0.05, 0.1) is 11.0 Å². The average Bonchev–Trinajstić information content (AvgIpc) is 2.65. The monoisotopic (exact) mass is 225 g/mol. The van der Waals surface area contributed by atoms with Gasteiger partial charge in [-0.1, -0.05) is 12.1 Å². The number of rotatable bonds is 1. The summed E-state index contributed by atoms with van der Waals surface area (Å²) in [4.78, 5) is 18.9. The quantitative estimate of drug-likeness (QED) is 0.688. The van der Waals surface area contributed by atoms with Crippen LogP contribution in [0.25, 0.3) is 16.9 Å². The summed E-state index contributed by atoms with van der Waals surface area (Å²) >= 11 is 0. The van der Waals surface area contributed by atoms with Crippen LogP contribution in [0.5, 0.6) is 0 Å². The van der Waals surface area contributed by atoms with E-state index >= 15 is 0 Å². The number of imidazole rings is 1. The van der Waals surface area contributed by atoms with E-state index in [-0.39, 0.29) is 5.69 Å². The van der Waals surface area contributed by atoms with Gasteiger partial charge in [-0.15, -0.1) is 0 Å². The van der Waals surface area contributed by atoms with E-state index in [2.05, 4.69) is 9.97 Å². The molecule has 0 atom stereocenters. The number of nitrogens with one attached hydrogen (secondary N) is 1. The van der Waals surface area contributed by atoms with Crippen molar-refractivity contribution < 1.29 is 0 Å². The number of fused-ring (bicyclic) bond motifs is 1. The minimum Gasteiger partial charge on any atom is -0.305 e. The van der Waals surface area contributed by atoms with Gasteiger partial charge < -0.3 is 4.98 Å². The van der Waals surface area contributed by atoms with E-state index in [1.807, 2.05) is 43.3 Å². The Morgan fingerprint density at radius 1 is 1.24 bits per heavy atom. The minimum atomic E-state index is -0.163. The number of aryl methyl sites for hydroxylation is 1. The van der Waals surface area contributed by atoms with Crippen LogP contribution in [-0.2, 0) is 0 Å². The summed E-state index contributed by atoms with van der Waals surface area (Å²) in [5, 5.41) is 0. The van der Waals surface area contributed by atoms with Crippen molar-refractivity contribution in [2.75, 3.05) is 0 Å². The number of H-pyrrole nitrogens is 1. The molecule has 84 valence electrons. The largest absolute Gasteiger partial charge is 0.332 e. The lowest BCUT2D eigenvalue weighted by atomic mass is 10.2. The molecular formula is C13H11N3O. The molecule has 3 rings (SSSR count). The van der Waals surface area contributed by atoms with E-state index in [9.17, 15) is 4.79 Å². The molecule has 0 bridgehead atoms. The second kappa shape index (κ2) is 3.59. The number of hydrogen-bond donors (Lipinski definition) is 1. The second-order valence-electron chi connectivity index (χ2n) is 3.97. The van der Waals surface area contributed by atoms with Crippen molar-refractivity contribution in [2.45, 2.75) is 6.92 Å². The molecule has 0 aliphatic rings. The molecule has 2 heterocycles. The summed E-state index contributed by atoms with van der Waals surface area (Å²) in [6, 6.07) is 11.4. The van der Waals surface area contributed by atoms with E-state index in [1.165, 1.54) is 0 Å². The summed E-state index contributed by atoms with van der Waals surface area (Å²) in [6.45, 7) is 2.00. The highest BCUT2D eigenvalue weighted by atomic mass is 16.1. The molecule has 4 nitrogen and oxygen atoms in total. The van der Waals surface area contributed by atoms with Crippen molar-refractivity contribution in [3.63, 3.8) is 0 Å². The topological polar surface area (TPSA) is 50.7 Å². The van der Waals surface area contributed by atoms with Crippen LogP contribution in [0.1, 0.15) is 5.56 Å². The third-order valence-electron chi connectivity index (χ3n) is 2.72. The van der Waals surface area contributed by atoms with Crippen LogP contribution in [0.3, 0.4) is 0 Å². The molecule has 0 spiro atoms. The molecule has 0 saturated heterocycles. The summed E-state index contributed by atoms with van der Waals surface area (Å²) in [5.41, 5.74) is 2.63. The van der Waals surface area contributed by atoms with Crippen LogP contribution < -0.4 is 5.69 Å². The highest BCUT2D eigenvalue weighted by Gasteiger charge is 2.08. The zero-order valence-electron chi connectivity index (χ0n) is 9.34. The third-order valence-corrected chi connectivity index (χ3v) is 2.72. The fourth-order valence-corrected chi connectivity index (χ4v) is 1.93. The molecular weight excluding hydrogens is 214 g/mol. The molecule has 3 aromatic rings. The Labute approximate surface area is 97.6 Å². The first-order chi connectivity index (χ1) is 8.25. The van der Waals surface area contributed by atoms with Crippen molar-refractivity contribution in [3.8, 4) is 5.82 Å². The Hall–Kier alpha value is -2.36. The van der Waals surface area contributed by atoms with Gasteiger partial charge in [0.2, 0.25) is 0 Å². The highest BCUT2D eigenvalue weighted by Crippen LogP contribution is 2.15. The fraction of sp³-hybridized carbons (Fsp3) is 0.0769. The first-order valence-electron chi connectivity index (χ1n) is 5.38. The van der Waals surface area contributed by atoms with Gasteiger partial charge in [-0.05, 0) is 36.8 Å². The van der Waals surface area contributed by atoms with Gasteiger partial charge in [0, 0.05) is 6.20 Å². The predicted molar refractivity (Wildman–Crippen MR) is 66.4 cm³/mol. The van der Waals surface area contributed by atoms with Gasteiger partial charge in [-0.25, -0.2) is 14.3 Å². The van der Waals surface area contributed by atoms with Crippen LogP contribution in [0.15, 0.2) is 47.4 Å². The number of pyridine rings is 1. The molecule has 2 aromatic heterocycles. The zero-order chi connectivity index (χ0) is 11.8. The number of benzene rings is 1.